The monoisotopic (exact) mass is 247 g/mol. The Balaban J connectivity index is 2.30. The number of nitriles is 1. The molecule has 0 bridgehead atoms. The Kier molecular flexibility index (Phi) is 3.58. The first kappa shape index (κ1) is 12.5. The van der Waals surface area contributed by atoms with E-state index in [0.717, 1.165) is 5.56 Å². The Morgan fingerprint density at radius 3 is 3.11 bits per heavy atom. The summed E-state index contributed by atoms with van der Waals surface area (Å²) in [7, 11) is 0. The van der Waals surface area contributed by atoms with E-state index in [-0.39, 0.29) is 5.56 Å². The molecule has 18 heavy (non-hydrogen) atoms. The molecule has 1 aromatic rings. The second kappa shape index (κ2) is 5.15. The van der Waals surface area contributed by atoms with Gasteiger partial charge in [-0.15, -0.1) is 0 Å². The summed E-state index contributed by atoms with van der Waals surface area (Å²) in [6.07, 6.45) is 0. The van der Waals surface area contributed by atoms with Crippen LogP contribution >= 0.6 is 0 Å². The molecule has 1 aromatic carbocycles. The predicted molar refractivity (Wildman–Crippen MR) is 64.4 cm³/mol. The Morgan fingerprint density at radius 1 is 1.61 bits per heavy atom. The quantitative estimate of drug-likeness (QED) is 0.807. The molecular formula is C13H14FN3O. The minimum Gasteiger partial charge on any atom is -0.320 e. The van der Waals surface area contributed by atoms with Gasteiger partial charge in [-0.3, -0.25) is 4.79 Å². The number of amides is 1. The standard InChI is InChI=1S/C13H14FN3O/c1-9-2-3-12(14)11(6-9)13(18)17-5-4-16-8-10(17)7-15/h2-3,6,10,16H,4-5,8H2,1H3. The fourth-order valence-corrected chi connectivity index (χ4v) is 2.02. The number of rotatable bonds is 1. The summed E-state index contributed by atoms with van der Waals surface area (Å²) in [4.78, 5) is 13.7. The molecule has 2 rings (SSSR count). The van der Waals surface area contributed by atoms with Gasteiger partial charge < -0.3 is 10.2 Å². The van der Waals surface area contributed by atoms with E-state index in [2.05, 4.69) is 11.4 Å². The summed E-state index contributed by atoms with van der Waals surface area (Å²) in [5.41, 5.74) is 0.862. The smallest absolute Gasteiger partial charge is 0.258 e. The Morgan fingerprint density at radius 2 is 2.39 bits per heavy atom. The van der Waals surface area contributed by atoms with Crippen molar-refractivity contribution < 1.29 is 9.18 Å². The third-order valence-electron chi connectivity index (χ3n) is 3.01. The van der Waals surface area contributed by atoms with Crippen LogP contribution in [-0.4, -0.2) is 36.5 Å². The number of hydrogen-bond donors (Lipinski definition) is 1. The fraction of sp³-hybridized carbons (Fsp3) is 0.385. The van der Waals surface area contributed by atoms with Crippen molar-refractivity contribution >= 4 is 5.91 Å². The summed E-state index contributed by atoms with van der Waals surface area (Å²) in [5, 5.41) is 12.0. The van der Waals surface area contributed by atoms with Gasteiger partial charge in [0, 0.05) is 19.6 Å². The highest BCUT2D eigenvalue weighted by Crippen LogP contribution is 2.15. The number of carbonyl (C=O) groups excluding carboxylic acids is 1. The molecule has 1 aliphatic rings. The first-order valence-corrected chi connectivity index (χ1v) is 5.81. The molecule has 1 atom stereocenters. The summed E-state index contributed by atoms with van der Waals surface area (Å²) >= 11 is 0. The van der Waals surface area contributed by atoms with Crippen molar-refractivity contribution in [3.05, 3.63) is 35.1 Å². The number of piperazine rings is 1. The number of carbonyl (C=O) groups is 1. The molecule has 1 N–H and O–H groups in total. The predicted octanol–water partition coefficient (Wildman–Crippen LogP) is 1.07. The van der Waals surface area contributed by atoms with Crippen LogP contribution in [-0.2, 0) is 0 Å². The van der Waals surface area contributed by atoms with E-state index >= 15 is 0 Å². The van der Waals surface area contributed by atoms with Gasteiger partial charge in [-0.1, -0.05) is 11.6 Å². The van der Waals surface area contributed by atoms with E-state index in [0.29, 0.717) is 19.6 Å². The van der Waals surface area contributed by atoms with Gasteiger partial charge in [-0.05, 0) is 19.1 Å². The molecule has 0 saturated carbocycles. The van der Waals surface area contributed by atoms with Crippen LogP contribution in [0.3, 0.4) is 0 Å². The highest BCUT2D eigenvalue weighted by molar-refractivity contribution is 5.95. The summed E-state index contributed by atoms with van der Waals surface area (Å²) in [6, 6.07) is 5.95. The van der Waals surface area contributed by atoms with Crippen LogP contribution in [0.5, 0.6) is 0 Å². The molecule has 1 amide bonds. The molecule has 1 aliphatic heterocycles. The Labute approximate surface area is 105 Å². The van der Waals surface area contributed by atoms with Crippen LogP contribution in [0.1, 0.15) is 15.9 Å². The van der Waals surface area contributed by atoms with E-state index in [1.807, 2.05) is 0 Å². The highest BCUT2D eigenvalue weighted by atomic mass is 19.1. The zero-order valence-electron chi connectivity index (χ0n) is 10.1. The van der Waals surface area contributed by atoms with Crippen LogP contribution in [0.4, 0.5) is 4.39 Å². The maximum atomic E-state index is 13.7. The first-order valence-electron chi connectivity index (χ1n) is 5.81. The lowest BCUT2D eigenvalue weighted by Gasteiger charge is -2.32. The van der Waals surface area contributed by atoms with Gasteiger partial charge in [0.25, 0.3) is 5.91 Å². The van der Waals surface area contributed by atoms with Gasteiger partial charge in [0.05, 0.1) is 11.6 Å². The van der Waals surface area contributed by atoms with Crippen molar-refractivity contribution in [2.45, 2.75) is 13.0 Å². The van der Waals surface area contributed by atoms with Crippen molar-refractivity contribution in [2.75, 3.05) is 19.6 Å². The van der Waals surface area contributed by atoms with E-state index in [9.17, 15) is 9.18 Å². The van der Waals surface area contributed by atoms with Gasteiger partial charge in [-0.25, -0.2) is 4.39 Å². The van der Waals surface area contributed by atoms with Gasteiger partial charge in [0.2, 0.25) is 0 Å². The van der Waals surface area contributed by atoms with Crippen molar-refractivity contribution in [2.24, 2.45) is 0 Å². The van der Waals surface area contributed by atoms with Gasteiger partial charge in [-0.2, -0.15) is 5.26 Å². The average molecular weight is 247 g/mol. The minimum atomic E-state index is -0.541. The van der Waals surface area contributed by atoms with Crippen molar-refractivity contribution in [1.29, 1.82) is 5.26 Å². The van der Waals surface area contributed by atoms with E-state index in [1.54, 1.807) is 13.0 Å². The molecule has 94 valence electrons. The third kappa shape index (κ3) is 2.34. The van der Waals surface area contributed by atoms with Gasteiger partial charge in [0.1, 0.15) is 11.9 Å². The number of hydrogen-bond acceptors (Lipinski definition) is 3. The lowest BCUT2D eigenvalue weighted by molar-refractivity contribution is 0.0682. The zero-order chi connectivity index (χ0) is 13.1. The van der Waals surface area contributed by atoms with Crippen molar-refractivity contribution in [3.63, 3.8) is 0 Å². The molecular weight excluding hydrogens is 233 g/mol. The molecule has 0 spiro atoms. The SMILES string of the molecule is Cc1ccc(F)c(C(=O)N2CCNCC2C#N)c1. The number of halogens is 1. The fourth-order valence-electron chi connectivity index (χ4n) is 2.02. The summed E-state index contributed by atoms with van der Waals surface area (Å²) in [6.45, 7) is 3.27. The van der Waals surface area contributed by atoms with E-state index < -0.39 is 17.8 Å². The maximum absolute atomic E-state index is 13.7. The molecule has 1 unspecified atom stereocenters. The number of nitrogens with one attached hydrogen (secondary N) is 1. The largest absolute Gasteiger partial charge is 0.320 e. The lowest BCUT2D eigenvalue weighted by atomic mass is 10.1. The molecule has 0 aliphatic carbocycles. The molecule has 1 saturated heterocycles. The van der Waals surface area contributed by atoms with Crippen molar-refractivity contribution in [3.8, 4) is 6.07 Å². The van der Waals surface area contributed by atoms with Crippen LogP contribution < -0.4 is 5.32 Å². The minimum absolute atomic E-state index is 0.0390. The third-order valence-corrected chi connectivity index (χ3v) is 3.01. The Bertz CT molecular complexity index is 509. The molecule has 0 radical (unpaired) electrons. The topological polar surface area (TPSA) is 56.1 Å². The molecule has 0 aromatic heterocycles. The van der Waals surface area contributed by atoms with Gasteiger partial charge >= 0.3 is 0 Å². The van der Waals surface area contributed by atoms with E-state index in [1.165, 1.54) is 17.0 Å². The Hall–Kier alpha value is -1.93. The zero-order valence-corrected chi connectivity index (χ0v) is 10.1. The molecule has 4 nitrogen and oxygen atoms in total. The van der Waals surface area contributed by atoms with Crippen LogP contribution in [0.25, 0.3) is 0 Å². The molecule has 5 heteroatoms. The molecule has 1 fully saturated rings. The first-order chi connectivity index (χ1) is 8.63. The maximum Gasteiger partial charge on any atom is 0.258 e. The van der Waals surface area contributed by atoms with Crippen molar-refractivity contribution in [1.82, 2.24) is 10.2 Å². The second-order valence-electron chi connectivity index (χ2n) is 4.33. The van der Waals surface area contributed by atoms with E-state index in [4.69, 9.17) is 5.26 Å². The summed E-state index contributed by atoms with van der Waals surface area (Å²) in [5.74, 6) is -0.954. The normalized spacial score (nSPS) is 19.4. The average Bonchev–Trinajstić information content (AvgIpc) is 2.40. The number of benzene rings is 1. The van der Waals surface area contributed by atoms with Gasteiger partial charge in [0.15, 0.2) is 0 Å². The van der Waals surface area contributed by atoms with Crippen LogP contribution in [0.2, 0.25) is 0 Å². The second-order valence-corrected chi connectivity index (χ2v) is 4.33. The number of nitrogens with zero attached hydrogens (tertiary/aromatic N) is 2. The number of aryl methyl sites for hydroxylation is 1. The lowest BCUT2D eigenvalue weighted by Crippen LogP contribution is -2.53. The summed E-state index contributed by atoms with van der Waals surface area (Å²) < 4.78 is 13.7. The molecule has 1 heterocycles. The van der Waals surface area contributed by atoms with Crippen LogP contribution in [0, 0.1) is 24.1 Å². The van der Waals surface area contributed by atoms with Crippen LogP contribution in [0.15, 0.2) is 18.2 Å². The highest BCUT2D eigenvalue weighted by Gasteiger charge is 2.28.